The highest BCUT2D eigenvalue weighted by Gasteiger charge is 2.17. The molecule has 0 aliphatic carbocycles. The zero-order chi connectivity index (χ0) is 14.7. The van der Waals surface area contributed by atoms with Gasteiger partial charge in [-0.2, -0.15) is 5.10 Å². The summed E-state index contributed by atoms with van der Waals surface area (Å²) >= 11 is 0. The van der Waals surface area contributed by atoms with Crippen molar-refractivity contribution < 1.29 is 8.78 Å². The number of benzene rings is 1. The molecule has 1 unspecified atom stereocenters. The van der Waals surface area contributed by atoms with Crippen LogP contribution in [-0.2, 0) is 6.42 Å². The molecule has 0 spiro atoms. The number of nitrogens with one attached hydrogen (secondary N) is 1. The van der Waals surface area contributed by atoms with Crippen LogP contribution < -0.4 is 11.3 Å². The summed E-state index contributed by atoms with van der Waals surface area (Å²) in [5, 5.41) is 4.23. The van der Waals surface area contributed by atoms with Gasteiger partial charge in [0.05, 0.1) is 11.7 Å². The first-order valence-electron chi connectivity index (χ1n) is 6.45. The van der Waals surface area contributed by atoms with Crippen molar-refractivity contribution in [3.05, 3.63) is 53.4 Å². The van der Waals surface area contributed by atoms with Gasteiger partial charge in [-0.25, -0.2) is 8.78 Å². The number of hydrazine groups is 1. The molecule has 0 aliphatic rings. The van der Waals surface area contributed by atoms with Crippen LogP contribution in [0.3, 0.4) is 0 Å². The van der Waals surface area contributed by atoms with Gasteiger partial charge in [0, 0.05) is 18.3 Å². The molecule has 2 aromatic rings. The molecule has 2 rings (SSSR count). The van der Waals surface area contributed by atoms with Crippen molar-refractivity contribution in [2.75, 3.05) is 0 Å². The van der Waals surface area contributed by atoms with Crippen LogP contribution in [0.25, 0.3) is 0 Å². The summed E-state index contributed by atoms with van der Waals surface area (Å²) in [5.41, 5.74) is 4.11. The molecule has 1 atom stereocenters. The Bertz CT molecular complexity index is 560. The maximum atomic E-state index is 13.2. The Labute approximate surface area is 116 Å². The molecule has 20 heavy (non-hydrogen) atoms. The lowest BCUT2D eigenvalue weighted by Gasteiger charge is -2.19. The van der Waals surface area contributed by atoms with Gasteiger partial charge in [-0.1, -0.05) is 0 Å². The highest BCUT2D eigenvalue weighted by atomic mass is 19.1. The summed E-state index contributed by atoms with van der Waals surface area (Å²) in [5.74, 6) is 4.40. The van der Waals surface area contributed by atoms with E-state index < -0.39 is 11.6 Å². The highest BCUT2D eigenvalue weighted by Crippen LogP contribution is 2.21. The topological polar surface area (TPSA) is 55.9 Å². The molecule has 1 aromatic carbocycles. The van der Waals surface area contributed by atoms with Gasteiger partial charge in [0.2, 0.25) is 0 Å². The molecule has 1 aromatic heterocycles. The predicted molar refractivity (Wildman–Crippen MR) is 72.7 cm³/mol. The Balaban J connectivity index is 2.26. The Hall–Kier alpha value is -1.79. The summed E-state index contributed by atoms with van der Waals surface area (Å²) < 4.78 is 28.3. The smallest absolute Gasteiger partial charge is 0.126 e. The van der Waals surface area contributed by atoms with E-state index in [4.69, 9.17) is 5.84 Å². The number of rotatable bonds is 5. The lowest BCUT2D eigenvalue weighted by atomic mass is 10.0. The Morgan fingerprint density at radius 3 is 2.45 bits per heavy atom. The van der Waals surface area contributed by atoms with Crippen molar-refractivity contribution in [1.82, 2.24) is 15.2 Å². The number of hydrogen-bond acceptors (Lipinski definition) is 3. The molecule has 0 saturated heterocycles. The quantitative estimate of drug-likeness (QED) is 0.653. The van der Waals surface area contributed by atoms with E-state index in [0.717, 1.165) is 11.8 Å². The normalized spacial score (nSPS) is 12.9. The Kier molecular flexibility index (Phi) is 4.46. The van der Waals surface area contributed by atoms with Gasteiger partial charge in [-0.05, 0) is 44.0 Å². The lowest BCUT2D eigenvalue weighted by Crippen LogP contribution is -2.31. The number of nitrogens with two attached hydrogens (primary N) is 1. The first-order valence-corrected chi connectivity index (χ1v) is 6.45. The molecular formula is C14H18F2N4. The van der Waals surface area contributed by atoms with E-state index in [2.05, 4.69) is 10.5 Å². The second-order valence-corrected chi connectivity index (χ2v) is 5.00. The van der Waals surface area contributed by atoms with Crippen molar-refractivity contribution in [2.24, 2.45) is 5.84 Å². The van der Waals surface area contributed by atoms with Gasteiger partial charge in [0.25, 0.3) is 0 Å². The van der Waals surface area contributed by atoms with Crippen LogP contribution in [0.2, 0.25) is 0 Å². The fraction of sp³-hybridized carbons (Fsp3) is 0.357. The lowest BCUT2D eigenvalue weighted by molar-refractivity contribution is 0.446. The van der Waals surface area contributed by atoms with Crippen molar-refractivity contribution in [3.8, 4) is 0 Å². The second kappa shape index (κ2) is 6.11. The van der Waals surface area contributed by atoms with Crippen LogP contribution in [0, 0.1) is 11.6 Å². The van der Waals surface area contributed by atoms with E-state index >= 15 is 0 Å². The molecule has 0 saturated carbocycles. The zero-order valence-corrected chi connectivity index (χ0v) is 11.5. The number of nitrogens with zero attached hydrogens (tertiary/aromatic N) is 2. The molecule has 6 heteroatoms. The molecule has 108 valence electrons. The minimum Gasteiger partial charge on any atom is -0.271 e. The van der Waals surface area contributed by atoms with Gasteiger partial charge >= 0.3 is 0 Å². The van der Waals surface area contributed by atoms with E-state index in [-0.39, 0.29) is 12.1 Å². The van der Waals surface area contributed by atoms with E-state index in [1.165, 1.54) is 12.1 Å². The van der Waals surface area contributed by atoms with Gasteiger partial charge in [0.1, 0.15) is 11.6 Å². The second-order valence-electron chi connectivity index (χ2n) is 5.00. The van der Waals surface area contributed by atoms with Crippen LogP contribution in [0.5, 0.6) is 0 Å². The van der Waals surface area contributed by atoms with Gasteiger partial charge in [0.15, 0.2) is 0 Å². The van der Waals surface area contributed by atoms with E-state index in [0.29, 0.717) is 12.0 Å². The van der Waals surface area contributed by atoms with E-state index in [1.54, 1.807) is 6.20 Å². The third-order valence-corrected chi connectivity index (χ3v) is 3.11. The molecule has 3 N–H and O–H groups in total. The number of halogens is 2. The van der Waals surface area contributed by atoms with Crippen molar-refractivity contribution in [1.29, 1.82) is 0 Å². The number of aromatic nitrogens is 2. The minimum absolute atomic E-state index is 0.181. The molecule has 0 bridgehead atoms. The van der Waals surface area contributed by atoms with Crippen LogP contribution in [0.15, 0.2) is 30.5 Å². The SMILES string of the molecule is CC(C)n1nccc1C(Cc1cc(F)cc(F)c1)NN. The first kappa shape index (κ1) is 14.6. The van der Waals surface area contributed by atoms with Crippen molar-refractivity contribution in [2.45, 2.75) is 32.4 Å². The first-order chi connectivity index (χ1) is 9.51. The average molecular weight is 280 g/mol. The van der Waals surface area contributed by atoms with Gasteiger partial charge in [-0.15, -0.1) is 0 Å². The van der Waals surface area contributed by atoms with Crippen LogP contribution >= 0.6 is 0 Å². The van der Waals surface area contributed by atoms with Crippen LogP contribution in [0.1, 0.15) is 37.2 Å². The summed E-state index contributed by atoms with van der Waals surface area (Å²) in [4.78, 5) is 0. The van der Waals surface area contributed by atoms with Crippen molar-refractivity contribution >= 4 is 0 Å². The fourth-order valence-electron chi connectivity index (χ4n) is 2.25. The van der Waals surface area contributed by atoms with E-state index in [9.17, 15) is 8.78 Å². The monoisotopic (exact) mass is 280 g/mol. The summed E-state index contributed by atoms with van der Waals surface area (Å²) in [6, 6.07) is 5.24. The standard InChI is InChI=1S/C14H18F2N4/c1-9(2)20-14(3-4-18-20)13(19-17)7-10-5-11(15)8-12(16)6-10/h3-6,8-9,13,19H,7,17H2,1-2H3. The molecular weight excluding hydrogens is 262 g/mol. The maximum Gasteiger partial charge on any atom is 0.126 e. The highest BCUT2D eigenvalue weighted by molar-refractivity contribution is 5.21. The predicted octanol–water partition coefficient (Wildman–Crippen LogP) is 2.49. The average Bonchev–Trinajstić information content (AvgIpc) is 2.83. The molecule has 1 heterocycles. The molecule has 0 aliphatic heterocycles. The molecule has 4 nitrogen and oxygen atoms in total. The third kappa shape index (κ3) is 3.20. The van der Waals surface area contributed by atoms with Crippen LogP contribution in [0.4, 0.5) is 8.78 Å². The largest absolute Gasteiger partial charge is 0.271 e. The Morgan fingerprint density at radius 1 is 1.25 bits per heavy atom. The van der Waals surface area contributed by atoms with Crippen LogP contribution in [-0.4, -0.2) is 9.78 Å². The summed E-state index contributed by atoms with van der Waals surface area (Å²) in [6.07, 6.45) is 2.06. The number of hydrogen-bond donors (Lipinski definition) is 2. The Morgan fingerprint density at radius 2 is 1.90 bits per heavy atom. The van der Waals surface area contributed by atoms with Crippen molar-refractivity contribution in [3.63, 3.8) is 0 Å². The maximum absolute atomic E-state index is 13.2. The summed E-state index contributed by atoms with van der Waals surface area (Å²) in [7, 11) is 0. The zero-order valence-electron chi connectivity index (χ0n) is 11.5. The fourth-order valence-corrected chi connectivity index (χ4v) is 2.25. The molecule has 0 radical (unpaired) electrons. The molecule has 0 fully saturated rings. The minimum atomic E-state index is -0.590. The van der Waals surface area contributed by atoms with Gasteiger partial charge < -0.3 is 0 Å². The molecule has 0 amide bonds. The summed E-state index contributed by atoms with van der Waals surface area (Å²) in [6.45, 7) is 4.01. The third-order valence-electron chi connectivity index (χ3n) is 3.11. The van der Waals surface area contributed by atoms with Gasteiger partial charge in [-0.3, -0.25) is 16.0 Å². The van der Waals surface area contributed by atoms with E-state index in [1.807, 2.05) is 24.6 Å².